The number of nitrogens with zero attached hydrogens (tertiary/aromatic N) is 3. The number of para-hydroxylation sites is 3. The van der Waals surface area contributed by atoms with E-state index in [1.54, 1.807) is 0 Å². The van der Waals surface area contributed by atoms with Gasteiger partial charge in [0.25, 0.3) is 6.71 Å². The number of hydrogen-bond donors (Lipinski definition) is 0. The molecule has 2 aromatic heterocycles. The van der Waals surface area contributed by atoms with Crippen molar-refractivity contribution >= 4 is 101 Å². The monoisotopic (exact) mass is 1260 g/mol. The first-order chi connectivity index (χ1) is 48.8. The number of anilines is 6. The molecule has 0 N–H and O–H groups in total. The summed E-state index contributed by atoms with van der Waals surface area (Å²) in [5, 5.41) is 4.65. The molecule has 0 saturated heterocycles. The number of fused-ring (bicyclic) bond motifs is 10. The average molecular weight is 1260 g/mol. The van der Waals surface area contributed by atoms with Crippen LogP contribution in [0.4, 0.5) is 34.1 Å². The Morgan fingerprint density at radius 1 is 0.273 bits per heavy atom. The van der Waals surface area contributed by atoms with Gasteiger partial charge in [0.05, 0.1) is 22.4 Å². The quantitative estimate of drug-likeness (QED) is 0.128. The second kappa shape index (κ2) is 23.2. The zero-order valence-corrected chi connectivity index (χ0v) is 55.2. The first-order valence-corrected chi connectivity index (χ1v) is 34.4. The van der Waals surface area contributed by atoms with Crippen LogP contribution in [0, 0.1) is 0 Å². The van der Waals surface area contributed by atoms with Crippen molar-refractivity contribution in [2.24, 2.45) is 0 Å². The van der Waals surface area contributed by atoms with Crippen LogP contribution in [0.3, 0.4) is 0 Å². The predicted octanol–water partition coefficient (Wildman–Crippen LogP) is 23.7. The summed E-state index contributed by atoms with van der Waals surface area (Å²) in [5.74, 6) is 0. The van der Waals surface area contributed by atoms with E-state index in [4.69, 9.17) is 4.42 Å². The molecule has 19 rings (SSSR count). The van der Waals surface area contributed by atoms with Crippen LogP contribution in [-0.2, 0) is 5.41 Å². The van der Waals surface area contributed by atoms with Gasteiger partial charge in [-0.3, -0.25) is 0 Å². The molecule has 15 aromatic carbocycles. The molecule has 0 saturated carbocycles. The van der Waals surface area contributed by atoms with Crippen molar-refractivity contribution in [3.63, 3.8) is 0 Å². The fourth-order valence-electron chi connectivity index (χ4n) is 16.0. The highest BCUT2D eigenvalue weighted by molar-refractivity contribution is 7.00. The van der Waals surface area contributed by atoms with E-state index in [0.717, 1.165) is 151 Å². The molecule has 2 aliphatic rings. The van der Waals surface area contributed by atoms with Crippen LogP contribution >= 0.6 is 0 Å². The Labute approximate surface area is 577 Å². The lowest BCUT2D eigenvalue weighted by Gasteiger charge is -2.46. The smallest absolute Gasteiger partial charge is 0.252 e. The summed E-state index contributed by atoms with van der Waals surface area (Å²) in [5.41, 5.74) is 32.3. The molecule has 4 nitrogen and oxygen atoms in total. The Balaban J connectivity index is 0.986. The van der Waals surface area contributed by atoms with Crippen molar-refractivity contribution in [1.29, 1.82) is 0 Å². The van der Waals surface area contributed by atoms with E-state index in [1.165, 1.54) is 32.7 Å². The Morgan fingerprint density at radius 3 is 1.11 bits per heavy atom. The molecule has 0 aliphatic carbocycles. The SMILES string of the molecule is CC(C)(C)c1cc2c3c(c1)N(c1c(-c4ccccc4)cc(-c4ccccc4)cc1-c1ccccc1)c1cc(-n4c5ccccc5c5ccccc54)ccc1B3c1ccc(-c3ccc4oc5ccccc5c4c3)cc1N2c1c(-c2ccccc2)cc(-c2ccccc2)cc1-c1ccccc1. The molecule has 2 aliphatic heterocycles. The number of rotatable bonds is 10. The lowest BCUT2D eigenvalue weighted by atomic mass is 9.33. The molecular formula is C94H66BN3O. The van der Waals surface area contributed by atoms with Crippen LogP contribution in [0.5, 0.6) is 0 Å². The molecule has 0 spiro atoms. The lowest BCUT2D eigenvalue weighted by Crippen LogP contribution is -2.61. The topological polar surface area (TPSA) is 24.6 Å². The van der Waals surface area contributed by atoms with E-state index in [9.17, 15) is 0 Å². The minimum absolute atomic E-state index is 0.240. The van der Waals surface area contributed by atoms with E-state index in [-0.39, 0.29) is 12.1 Å². The maximum absolute atomic E-state index is 6.51. The molecule has 17 aromatic rings. The summed E-state index contributed by atoms with van der Waals surface area (Å²) in [6.07, 6.45) is 0. The van der Waals surface area contributed by atoms with Gasteiger partial charge in [0, 0.05) is 72.2 Å². The minimum Gasteiger partial charge on any atom is -0.456 e. The molecule has 0 fully saturated rings. The number of aromatic nitrogens is 1. The van der Waals surface area contributed by atoms with Crippen LogP contribution in [0.15, 0.2) is 350 Å². The van der Waals surface area contributed by atoms with Gasteiger partial charge in [-0.15, -0.1) is 0 Å². The fraction of sp³-hybridized carbons (Fsp3) is 0.0426. The maximum atomic E-state index is 6.51. The molecule has 0 atom stereocenters. The summed E-state index contributed by atoms with van der Waals surface area (Å²) in [4.78, 5) is 5.40. The van der Waals surface area contributed by atoms with Gasteiger partial charge in [0.1, 0.15) is 11.2 Å². The zero-order chi connectivity index (χ0) is 65.9. The standard InChI is InChI=1S/C94H66BN3O/c1-94(2,3)71-58-87-91-88(59-71)98(93-78(65-36-18-8-19-37-65)55-70(62-30-12-5-13-31-62)56-79(93)66-38-20-9-21-39-66)86-60-72(96-83-43-25-22-40-73(83)74-41-23-26-44-84(74)96)48-50-82(86)95(91)81-49-46-68(67-47-51-90-80(52-67)75-42-24-27-45-89(75)99-90)57-85(81)97(87)92-76(63-32-14-6-15-33-63)53-69(61-28-10-4-11-29-61)54-77(92)64-34-16-7-17-35-64/h4-60H,1-3H3. The van der Waals surface area contributed by atoms with Gasteiger partial charge < -0.3 is 18.8 Å². The Morgan fingerprint density at radius 2 is 0.646 bits per heavy atom. The maximum Gasteiger partial charge on any atom is 0.252 e. The van der Waals surface area contributed by atoms with Crippen LogP contribution in [0.2, 0.25) is 0 Å². The highest BCUT2D eigenvalue weighted by Crippen LogP contribution is 2.56. The summed E-state index contributed by atoms with van der Waals surface area (Å²) in [7, 11) is 0. The Bertz CT molecular complexity index is 5840. The normalized spacial score (nSPS) is 12.5. The Hall–Kier alpha value is -12.4. The van der Waals surface area contributed by atoms with Crippen molar-refractivity contribution in [2.45, 2.75) is 26.2 Å². The number of hydrogen-bond acceptors (Lipinski definition) is 3. The van der Waals surface area contributed by atoms with Crippen molar-refractivity contribution in [3.8, 4) is 83.6 Å². The summed E-state index contributed by atoms with van der Waals surface area (Å²) >= 11 is 0. The zero-order valence-electron chi connectivity index (χ0n) is 55.2. The number of benzene rings is 15. The predicted molar refractivity (Wildman–Crippen MR) is 419 cm³/mol. The number of furan rings is 1. The average Bonchev–Trinajstić information content (AvgIpc) is 1.67. The largest absolute Gasteiger partial charge is 0.456 e. The van der Waals surface area contributed by atoms with Gasteiger partial charge in [0.2, 0.25) is 0 Å². The molecule has 0 bridgehead atoms. The van der Waals surface area contributed by atoms with E-state index in [2.05, 4.69) is 381 Å². The van der Waals surface area contributed by atoms with Crippen molar-refractivity contribution < 1.29 is 4.42 Å². The van der Waals surface area contributed by atoms with Crippen molar-refractivity contribution in [3.05, 3.63) is 351 Å². The second-order valence-corrected chi connectivity index (χ2v) is 27.5. The van der Waals surface area contributed by atoms with Crippen LogP contribution in [0.25, 0.3) is 127 Å². The highest BCUT2D eigenvalue weighted by atomic mass is 16.3. The third kappa shape index (κ3) is 9.59. The summed E-state index contributed by atoms with van der Waals surface area (Å²) < 4.78 is 9.00. The van der Waals surface area contributed by atoms with Gasteiger partial charge in [0.15, 0.2) is 0 Å². The van der Waals surface area contributed by atoms with Crippen molar-refractivity contribution in [2.75, 3.05) is 9.80 Å². The third-order valence-corrected chi connectivity index (χ3v) is 20.7. The first kappa shape index (κ1) is 58.0. The summed E-state index contributed by atoms with van der Waals surface area (Å²) in [6, 6.07) is 129. The highest BCUT2D eigenvalue weighted by Gasteiger charge is 2.46. The molecule has 0 unspecified atom stereocenters. The van der Waals surface area contributed by atoms with Gasteiger partial charge in [-0.1, -0.05) is 282 Å². The van der Waals surface area contributed by atoms with E-state index < -0.39 is 0 Å². The molecular weight excluding hydrogens is 1200 g/mol. The van der Waals surface area contributed by atoms with Gasteiger partial charge in [-0.25, -0.2) is 0 Å². The third-order valence-electron chi connectivity index (χ3n) is 20.7. The van der Waals surface area contributed by atoms with Crippen LogP contribution < -0.4 is 26.2 Å². The summed E-state index contributed by atoms with van der Waals surface area (Å²) in [6.45, 7) is 6.91. The minimum atomic E-state index is -0.336. The Kier molecular flexibility index (Phi) is 13.6. The van der Waals surface area contributed by atoms with Crippen LogP contribution in [-0.4, -0.2) is 11.3 Å². The second-order valence-electron chi connectivity index (χ2n) is 27.5. The lowest BCUT2D eigenvalue weighted by molar-refractivity contribution is 0.590. The van der Waals surface area contributed by atoms with Crippen LogP contribution in [0.1, 0.15) is 26.3 Å². The van der Waals surface area contributed by atoms with Gasteiger partial charge >= 0.3 is 0 Å². The molecule has 466 valence electrons. The molecule has 4 heterocycles. The molecule has 0 amide bonds. The molecule has 99 heavy (non-hydrogen) atoms. The van der Waals surface area contributed by atoms with E-state index in [0.29, 0.717) is 0 Å². The van der Waals surface area contributed by atoms with Crippen molar-refractivity contribution in [1.82, 2.24) is 4.57 Å². The fourth-order valence-corrected chi connectivity index (χ4v) is 16.0. The molecule has 0 radical (unpaired) electrons. The van der Waals surface area contributed by atoms with Gasteiger partial charge in [-0.05, 0) is 168 Å². The van der Waals surface area contributed by atoms with E-state index in [1.807, 2.05) is 0 Å². The van der Waals surface area contributed by atoms with Gasteiger partial charge in [-0.2, -0.15) is 0 Å². The van der Waals surface area contributed by atoms with E-state index >= 15 is 0 Å². The molecule has 5 heteroatoms. The first-order valence-electron chi connectivity index (χ1n) is 34.4.